The van der Waals surface area contributed by atoms with Crippen LogP contribution < -0.4 is 0 Å². The summed E-state index contributed by atoms with van der Waals surface area (Å²) < 4.78 is 42.0. The van der Waals surface area contributed by atoms with Gasteiger partial charge in [0.2, 0.25) is 0 Å². The summed E-state index contributed by atoms with van der Waals surface area (Å²) in [5.41, 5.74) is -0.274. The number of aryl methyl sites for hydroxylation is 1. The molecule has 0 aliphatic heterocycles. The van der Waals surface area contributed by atoms with Gasteiger partial charge in [0.25, 0.3) is 0 Å². The van der Waals surface area contributed by atoms with Crippen LogP contribution in [0.3, 0.4) is 0 Å². The van der Waals surface area contributed by atoms with Crippen LogP contribution in [0.1, 0.15) is 75.7 Å². The van der Waals surface area contributed by atoms with Gasteiger partial charge in [0.05, 0.1) is 22.2 Å². The van der Waals surface area contributed by atoms with Gasteiger partial charge in [-0.05, 0) is 69.7 Å². The van der Waals surface area contributed by atoms with E-state index in [1.165, 1.54) is 12.1 Å². The number of ketones is 1. The van der Waals surface area contributed by atoms with Crippen LogP contribution in [-0.4, -0.2) is 20.4 Å². The summed E-state index contributed by atoms with van der Waals surface area (Å²) in [5.74, 6) is 0.767. The van der Waals surface area contributed by atoms with Crippen molar-refractivity contribution in [3.63, 3.8) is 0 Å². The van der Waals surface area contributed by atoms with Crippen molar-refractivity contribution >= 4 is 16.8 Å². The normalized spacial score (nSPS) is 17.4. The minimum Gasteiger partial charge on any atom is -0.385 e. The van der Waals surface area contributed by atoms with E-state index in [4.69, 9.17) is 0 Å². The first-order chi connectivity index (χ1) is 16.0. The first-order valence-electron chi connectivity index (χ1n) is 11.9. The number of halogens is 3. The predicted molar refractivity (Wildman–Crippen MR) is 125 cm³/mol. The number of carbonyl (C=O) groups is 1. The smallest absolute Gasteiger partial charge is 0.385 e. The highest BCUT2D eigenvalue weighted by Gasteiger charge is 2.38. The molecule has 1 saturated carbocycles. The van der Waals surface area contributed by atoms with Crippen LogP contribution in [0.25, 0.3) is 11.0 Å². The van der Waals surface area contributed by atoms with E-state index in [0.29, 0.717) is 42.3 Å². The molecule has 0 amide bonds. The standard InChI is InChI=1S/C27H31F3N2O2/c1-25(15-8-16-25)32-23-17-20(27(28,29)30)13-14-22(23)31-24(32)12-7-6-11-21(33)18-26(2,34)19-9-4-3-5-10-19/h3-5,9-10,13-14,17,34H,6-8,11-12,15-16,18H2,1-2H3/t26-/m0/s1. The SMILES string of the molecule is CC1(n2c(CCCCC(=O)C[C@](C)(O)c3ccccc3)nc3ccc(C(F)(F)F)cc32)CCC1. The van der Waals surface area contributed by atoms with Crippen molar-refractivity contribution in [1.82, 2.24) is 9.55 Å². The zero-order valence-electron chi connectivity index (χ0n) is 19.7. The Labute approximate surface area is 197 Å². The van der Waals surface area contributed by atoms with Gasteiger partial charge in [-0.25, -0.2) is 4.98 Å². The van der Waals surface area contributed by atoms with Crippen LogP contribution in [0.15, 0.2) is 48.5 Å². The van der Waals surface area contributed by atoms with Crippen molar-refractivity contribution in [2.45, 2.75) is 82.5 Å². The van der Waals surface area contributed by atoms with Crippen molar-refractivity contribution in [3.05, 3.63) is 65.5 Å². The summed E-state index contributed by atoms with van der Waals surface area (Å²) in [6.45, 7) is 3.73. The van der Waals surface area contributed by atoms with Gasteiger partial charge in [-0.2, -0.15) is 13.2 Å². The van der Waals surface area contributed by atoms with E-state index in [1.54, 1.807) is 6.92 Å². The van der Waals surface area contributed by atoms with Crippen molar-refractivity contribution in [3.8, 4) is 0 Å². The summed E-state index contributed by atoms with van der Waals surface area (Å²) >= 11 is 0. The number of hydrogen-bond acceptors (Lipinski definition) is 3. The van der Waals surface area contributed by atoms with E-state index in [2.05, 4.69) is 11.9 Å². The van der Waals surface area contributed by atoms with E-state index in [9.17, 15) is 23.1 Å². The van der Waals surface area contributed by atoms with Crippen LogP contribution in [0.5, 0.6) is 0 Å². The number of hydrogen-bond donors (Lipinski definition) is 1. The summed E-state index contributed by atoms with van der Waals surface area (Å²) in [6, 6.07) is 12.9. The van der Waals surface area contributed by atoms with Gasteiger partial charge in [0.15, 0.2) is 0 Å². The molecule has 2 aromatic carbocycles. The van der Waals surface area contributed by atoms with Gasteiger partial charge in [0, 0.05) is 24.8 Å². The maximum atomic E-state index is 13.3. The number of Topliss-reactive ketones (excluding diaryl/α,β-unsaturated/α-hetero) is 1. The van der Waals surface area contributed by atoms with Crippen LogP contribution in [0.2, 0.25) is 0 Å². The fourth-order valence-electron chi connectivity index (χ4n) is 4.96. The van der Waals surface area contributed by atoms with Crippen molar-refractivity contribution in [1.29, 1.82) is 0 Å². The second kappa shape index (κ2) is 9.17. The molecular weight excluding hydrogens is 441 g/mol. The van der Waals surface area contributed by atoms with Gasteiger partial charge in [-0.3, -0.25) is 4.79 Å². The third-order valence-corrected chi connectivity index (χ3v) is 7.06. The van der Waals surface area contributed by atoms with Crippen molar-refractivity contribution in [2.24, 2.45) is 0 Å². The molecule has 1 aliphatic rings. The minimum absolute atomic E-state index is 0.0110. The van der Waals surface area contributed by atoms with Crippen LogP contribution in [0.4, 0.5) is 13.2 Å². The number of alkyl halides is 3. The first-order valence-corrected chi connectivity index (χ1v) is 11.9. The Bertz CT molecular complexity index is 1160. The highest BCUT2D eigenvalue weighted by molar-refractivity contribution is 5.79. The zero-order chi connectivity index (χ0) is 24.6. The number of carbonyl (C=O) groups excluding carboxylic acids is 1. The Morgan fingerprint density at radius 3 is 2.41 bits per heavy atom. The number of imidazole rings is 1. The molecule has 0 saturated heterocycles. The maximum absolute atomic E-state index is 13.3. The van der Waals surface area contributed by atoms with Crippen molar-refractivity contribution < 1.29 is 23.1 Å². The second-order valence-electron chi connectivity index (χ2n) is 9.98. The van der Waals surface area contributed by atoms with E-state index in [0.717, 1.165) is 31.2 Å². The lowest BCUT2D eigenvalue weighted by Crippen LogP contribution is -2.38. The molecule has 0 spiro atoms. The Hall–Kier alpha value is -2.67. The van der Waals surface area contributed by atoms with Crippen LogP contribution >= 0.6 is 0 Å². The molecule has 1 heterocycles. The average molecular weight is 473 g/mol. The Morgan fingerprint density at radius 1 is 1.09 bits per heavy atom. The van der Waals surface area contributed by atoms with Gasteiger partial charge in [0.1, 0.15) is 11.6 Å². The fraction of sp³-hybridized carbons (Fsp3) is 0.481. The van der Waals surface area contributed by atoms with E-state index < -0.39 is 17.3 Å². The molecule has 3 aromatic rings. The largest absolute Gasteiger partial charge is 0.416 e. The van der Waals surface area contributed by atoms with Crippen molar-refractivity contribution in [2.75, 3.05) is 0 Å². The van der Waals surface area contributed by atoms with Gasteiger partial charge in [-0.15, -0.1) is 0 Å². The monoisotopic (exact) mass is 472 g/mol. The number of unbranched alkanes of at least 4 members (excludes halogenated alkanes) is 1. The quantitative estimate of drug-likeness (QED) is 0.360. The molecule has 182 valence electrons. The number of fused-ring (bicyclic) bond motifs is 1. The molecule has 1 aromatic heterocycles. The Morgan fingerprint density at radius 2 is 1.79 bits per heavy atom. The lowest BCUT2D eigenvalue weighted by atomic mass is 9.78. The molecule has 4 nitrogen and oxygen atoms in total. The number of benzene rings is 2. The summed E-state index contributed by atoms with van der Waals surface area (Å²) in [4.78, 5) is 17.2. The molecular formula is C27H31F3N2O2. The third kappa shape index (κ3) is 5.04. The number of rotatable bonds is 9. The highest BCUT2D eigenvalue weighted by Crippen LogP contribution is 2.43. The highest BCUT2D eigenvalue weighted by atomic mass is 19.4. The number of aliphatic hydroxyl groups is 1. The van der Waals surface area contributed by atoms with E-state index >= 15 is 0 Å². The number of nitrogens with zero attached hydrogens (tertiary/aromatic N) is 2. The van der Waals surface area contributed by atoms with Gasteiger partial charge >= 0.3 is 6.18 Å². The van der Waals surface area contributed by atoms with E-state index in [-0.39, 0.29) is 17.7 Å². The topological polar surface area (TPSA) is 55.1 Å². The summed E-state index contributed by atoms with van der Waals surface area (Å²) in [7, 11) is 0. The summed E-state index contributed by atoms with van der Waals surface area (Å²) in [5, 5.41) is 10.7. The molecule has 0 unspecified atom stereocenters. The summed E-state index contributed by atoms with van der Waals surface area (Å²) in [6.07, 6.45) is 0.794. The molecule has 0 radical (unpaired) electrons. The third-order valence-electron chi connectivity index (χ3n) is 7.06. The Kier molecular flexibility index (Phi) is 6.60. The van der Waals surface area contributed by atoms with E-state index in [1.807, 2.05) is 34.9 Å². The average Bonchev–Trinajstić information content (AvgIpc) is 3.12. The predicted octanol–water partition coefficient (Wildman–Crippen LogP) is 6.53. The molecule has 1 aliphatic carbocycles. The lowest BCUT2D eigenvalue weighted by Gasteiger charge is -2.41. The molecule has 1 N–H and O–H groups in total. The van der Waals surface area contributed by atoms with Gasteiger partial charge < -0.3 is 9.67 Å². The fourth-order valence-corrected chi connectivity index (χ4v) is 4.96. The molecule has 4 rings (SSSR count). The van der Waals surface area contributed by atoms with Gasteiger partial charge in [-0.1, -0.05) is 30.3 Å². The second-order valence-corrected chi connectivity index (χ2v) is 9.98. The van der Waals surface area contributed by atoms with Crippen LogP contribution in [0, 0.1) is 0 Å². The Balaban J connectivity index is 1.43. The first kappa shape index (κ1) is 24.5. The molecule has 7 heteroatoms. The molecule has 1 fully saturated rings. The van der Waals surface area contributed by atoms with Crippen LogP contribution in [-0.2, 0) is 28.5 Å². The minimum atomic E-state index is -4.40. The molecule has 0 bridgehead atoms. The zero-order valence-corrected chi connectivity index (χ0v) is 19.7. The maximum Gasteiger partial charge on any atom is 0.416 e. The number of aromatic nitrogens is 2. The lowest BCUT2D eigenvalue weighted by molar-refractivity contribution is -0.137. The molecule has 34 heavy (non-hydrogen) atoms. The molecule has 1 atom stereocenters.